The minimum atomic E-state index is -4.15. The van der Waals surface area contributed by atoms with Crippen LogP contribution in [-0.4, -0.2) is 33.7 Å². The maximum atomic E-state index is 13.6. The Morgan fingerprint density at radius 2 is 1.91 bits per heavy atom. The van der Waals surface area contributed by atoms with Gasteiger partial charge in [-0.3, -0.25) is 4.31 Å². The monoisotopic (exact) mass is 541 g/mol. The number of sulfonamides is 1. The number of nitrogen functional groups attached to an aromatic ring is 1. The Labute approximate surface area is 213 Å². The van der Waals surface area contributed by atoms with Gasteiger partial charge in [-0.25, -0.2) is 17.6 Å². The lowest BCUT2D eigenvalue weighted by atomic mass is 10.2. The van der Waals surface area contributed by atoms with Gasteiger partial charge in [0.2, 0.25) is 0 Å². The van der Waals surface area contributed by atoms with Crippen LogP contribution in [0.15, 0.2) is 71.6 Å². The number of nitrogens with two attached hydrogens (primary N) is 1. The highest BCUT2D eigenvalue weighted by atomic mass is 35.5. The van der Waals surface area contributed by atoms with E-state index in [1.807, 2.05) is 30.3 Å². The number of nitrogens with zero attached hydrogens (tertiary/aromatic N) is 1. The van der Waals surface area contributed by atoms with E-state index in [4.69, 9.17) is 26.8 Å². The van der Waals surface area contributed by atoms with E-state index in [0.29, 0.717) is 5.69 Å². The molecule has 3 aromatic carbocycles. The number of alkyl carbamates (subject to hydrolysis) is 1. The second-order valence-electron chi connectivity index (χ2n) is 7.52. The lowest BCUT2D eigenvalue weighted by Crippen LogP contribution is -2.48. The second-order valence-corrected chi connectivity index (χ2v) is 9.79. The minimum absolute atomic E-state index is 0. The molecular weight excluding hydrogens is 520 g/mol. The van der Waals surface area contributed by atoms with Gasteiger partial charge >= 0.3 is 6.09 Å². The fraction of sp³-hybridized carbons (Fsp3) is 0.174. The van der Waals surface area contributed by atoms with Crippen molar-refractivity contribution in [3.8, 4) is 5.75 Å². The maximum absolute atomic E-state index is 13.6. The molecule has 1 aliphatic heterocycles. The SMILES string of the molecule is Cl.Nc1ccc2c(c1)N(S(=O)(=O)c1ccc(F)c(Cl)c1)C[C@H](CNC(=O)OCc1ccccc1)O2. The number of hydrogen-bond donors (Lipinski definition) is 2. The summed E-state index contributed by atoms with van der Waals surface area (Å²) in [7, 11) is -4.15. The normalized spacial score (nSPS) is 14.8. The Kier molecular flexibility index (Phi) is 8.31. The third-order valence-corrected chi connectivity index (χ3v) is 7.15. The molecule has 4 rings (SSSR count). The fourth-order valence-electron chi connectivity index (χ4n) is 3.40. The molecule has 35 heavy (non-hydrogen) atoms. The summed E-state index contributed by atoms with van der Waals surface area (Å²) in [5.41, 5.74) is 7.25. The molecule has 186 valence electrons. The molecule has 8 nitrogen and oxygen atoms in total. The molecule has 0 aliphatic carbocycles. The number of nitrogens with one attached hydrogen (secondary N) is 1. The molecule has 1 heterocycles. The quantitative estimate of drug-likeness (QED) is 0.448. The van der Waals surface area contributed by atoms with Gasteiger partial charge in [-0.15, -0.1) is 12.4 Å². The first-order valence-corrected chi connectivity index (χ1v) is 12.0. The van der Waals surface area contributed by atoms with Crippen molar-refractivity contribution in [1.29, 1.82) is 0 Å². The number of anilines is 2. The van der Waals surface area contributed by atoms with Crippen LogP contribution >= 0.6 is 24.0 Å². The Balaban J connectivity index is 0.00000342. The summed E-state index contributed by atoms with van der Waals surface area (Å²) in [6.07, 6.45) is -1.40. The number of benzene rings is 3. The van der Waals surface area contributed by atoms with Gasteiger partial charge < -0.3 is 20.5 Å². The van der Waals surface area contributed by atoms with Gasteiger partial charge in [0.1, 0.15) is 24.3 Å². The van der Waals surface area contributed by atoms with Crippen molar-refractivity contribution in [3.05, 3.63) is 83.1 Å². The Morgan fingerprint density at radius 3 is 2.63 bits per heavy atom. The molecule has 0 bridgehead atoms. The molecular formula is C23H22Cl2FN3O5S. The number of amides is 1. The molecule has 0 fully saturated rings. The van der Waals surface area contributed by atoms with Crippen LogP contribution in [-0.2, 0) is 21.4 Å². The van der Waals surface area contributed by atoms with Crippen molar-refractivity contribution in [2.45, 2.75) is 17.6 Å². The van der Waals surface area contributed by atoms with Crippen molar-refractivity contribution < 1.29 is 27.1 Å². The van der Waals surface area contributed by atoms with E-state index in [0.717, 1.165) is 28.1 Å². The van der Waals surface area contributed by atoms with Gasteiger partial charge in [0, 0.05) is 5.69 Å². The van der Waals surface area contributed by atoms with Crippen LogP contribution in [0.5, 0.6) is 5.75 Å². The molecule has 1 aliphatic rings. The summed E-state index contributed by atoms with van der Waals surface area (Å²) in [6.45, 7) is -0.0630. The Bertz CT molecular complexity index is 1310. The molecule has 1 atom stereocenters. The van der Waals surface area contributed by atoms with E-state index >= 15 is 0 Å². The first-order chi connectivity index (χ1) is 16.2. The molecule has 0 spiro atoms. The smallest absolute Gasteiger partial charge is 0.407 e. The number of carbonyl (C=O) groups is 1. The average Bonchev–Trinajstić information content (AvgIpc) is 2.83. The summed E-state index contributed by atoms with van der Waals surface area (Å²) in [5, 5.41) is 2.27. The number of halogens is 3. The van der Waals surface area contributed by atoms with Gasteiger partial charge in [-0.1, -0.05) is 41.9 Å². The number of carbonyl (C=O) groups excluding carboxylic acids is 1. The molecule has 1 amide bonds. The van der Waals surface area contributed by atoms with Crippen LogP contribution in [0.3, 0.4) is 0 Å². The summed E-state index contributed by atoms with van der Waals surface area (Å²) < 4.78 is 52.6. The lowest BCUT2D eigenvalue weighted by molar-refractivity contribution is 0.130. The van der Waals surface area contributed by atoms with Crippen molar-refractivity contribution in [1.82, 2.24) is 5.32 Å². The summed E-state index contributed by atoms with van der Waals surface area (Å²) >= 11 is 5.81. The summed E-state index contributed by atoms with van der Waals surface area (Å²) in [6, 6.07) is 16.9. The largest absolute Gasteiger partial charge is 0.484 e. The van der Waals surface area contributed by atoms with Crippen LogP contribution in [0.1, 0.15) is 5.56 Å². The summed E-state index contributed by atoms with van der Waals surface area (Å²) in [5.74, 6) is -0.468. The summed E-state index contributed by atoms with van der Waals surface area (Å²) in [4.78, 5) is 11.9. The average molecular weight is 542 g/mol. The van der Waals surface area contributed by atoms with E-state index in [1.165, 1.54) is 6.07 Å². The molecule has 0 saturated heterocycles. The number of rotatable bonds is 6. The van der Waals surface area contributed by atoms with Gasteiger partial charge in [-0.2, -0.15) is 0 Å². The zero-order chi connectivity index (χ0) is 24.3. The van der Waals surface area contributed by atoms with Crippen LogP contribution in [0, 0.1) is 5.82 Å². The molecule has 3 aromatic rings. The molecule has 0 saturated carbocycles. The zero-order valence-electron chi connectivity index (χ0n) is 18.2. The van der Waals surface area contributed by atoms with Crippen molar-refractivity contribution >= 4 is 51.5 Å². The van der Waals surface area contributed by atoms with Crippen molar-refractivity contribution in [3.63, 3.8) is 0 Å². The van der Waals surface area contributed by atoms with Crippen LogP contribution in [0.2, 0.25) is 5.02 Å². The lowest BCUT2D eigenvalue weighted by Gasteiger charge is -2.35. The van der Waals surface area contributed by atoms with Crippen LogP contribution in [0.4, 0.5) is 20.6 Å². The zero-order valence-corrected chi connectivity index (χ0v) is 20.6. The highest BCUT2D eigenvalue weighted by Crippen LogP contribution is 2.38. The third kappa shape index (κ3) is 6.08. The topological polar surface area (TPSA) is 111 Å². The van der Waals surface area contributed by atoms with Crippen LogP contribution < -0.4 is 20.1 Å². The molecule has 0 radical (unpaired) electrons. The van der Waals surface area contributed by atoms with E-state index in [-0.39, 0.29) is 53.5 Å². The fourth-order valence-corrected chi connectivity index (χ4v) is 5.17. The molecule has 3 N–H and O–H groups in total. The maximum Gasteiger partial charge on any atom is 0.407 e. The first kappa shape index (κ1) is 26.4. The predicted molar refractivity (Wildman–Crippen MR) is 133 cm³/mol. The van der Waals surface area contributed by atoms with Gasteiger partial charge in [-0.05, 0) is 42.0 Å². The van der Waals surface area contributed by atoms with E-state index in [1.54, 1.807) is 12.1 Å². The molecule has 12 heteroatoms. The number of fused-ring (bicyclic) bond motifs is 1. The second kappa shape index (κ2) is 11.0. The van der Waals surface area contributed by atoms with Crippen LogP contribution in [0.25, 0.3) is 0 Å². The van der Waals surface area contributed by atoms with E-state index in [2.05, 4.69) is 5.32 Å². The Hall–Kier alpha value is -3.21. The highest BCUT2D eigenvalue weighted by Gasteiger charge is 2.35. The van der Waals surface area contributed by atoms with Crippen molar-refractivity contribution in [2.24, 2.45) is 0 Å². The van der Waals surface area contributed by atoms with E-state index < -0.39 is 28.0 Å². The first-order valence-electron chi connectivity index (χ1n) is 10.2. The van der Waals surface area contributed by atoms with Crippen molar-refractivity contribution in [2.75, 3.05) is 23.1 Å². The number of ether oxygens (including phenoxy) is 2. The van der Waals surface area contributed by atoms with E-state index in [9.17, 15) is 17.6 Å². The standard InChI is InChI=1S/C23H21ClFN3O5S.ClH/c24-19-11-18(7-8-20(19)25)34(30,31)28-13-17(33-22-9-6-16(26)10-21(22)28)12-27-23(29)32-14-15-4-2-1-3-5-15;/h1-11,17H,12-14,26H2,(H,27,29);1H/t17-;/m0./s1. The third-order valence-electron chi connectivity index (χ3n) is 5.08. The molecule has 0 aromatic heterocycles. The molecule has 0 unspecified atom stereocenters. The number of hydrogen-bond acceptors (Lipinski definition) is 6. The van der Waals surface area contributed by atoms with Gasteiger partial charge in [0.25, 0.3) is 10.0 Å². The van der Waals surface area contributed by atoms with Gasteiger partial charge in [0.05, 0.1) is 28.7 Å². The predicted octanol–water partition coefficient (Wildman–Crippen LogP) is 4.37. The highest BCUT2D eigenvalue weighted by molar-refractivity contribution is 7.92. The Morgan fingerprint density at radius 1 is 1.17 bits per heavy atom. The minimum Gasteiger partial charge on any atom is -0.484 e. The van der Waals surface area contributed by atoms with Gasteiger partial charge in [0.15, 0.2) is 0 Å².